The average Bonchev–Trinajstić information content (AvgIpc) is 2.27. The Balaban J connectivity index is 2.65. The van der Waals surface area contributed by atoms with Crippen LogP contribution in [-0.4, -0.2) is 32.1 Å². The molecule has 0 bridgehead atoms. The smallest absolute Gasteiger partial charge is 0.123 e. The fourth-order valence-corrected chi connectivity index (χ4v) is 1.45. The van der Waals surface area contributed by atoms with Gasteiger partial charge in [0.2, 0.25) is 0 Å². The summed E-state index contributed by atoms with van der Waals surface area (Å²) in [7, 11) is 3.42. The Morgan fingerprint density at radius 3 is 2.88 bits per heavy atom. The number of rotatable bonds is 5. The van der Waals surface area contributed by atoms with Crippen LogP contribution in [0.5, 0.6) is 5.75 Å². The molecule has 0 aliphatic rings. The van der Waals surface area contributed by atoms with E-state index in [1.54, 1.807) is 13.2 Å². The molecule has 1 rings (SSSR count). The maximum atomic E-state index is 13.0. The molecule has 0 spiro atoms. The van der Waals surface area contributed by atoms with Gasteiger partial charge >= 0.3 is 0 Å². The molecule has 0 N–H and O–H groups in total. The van der Waals surface area contributed by atoms with Gasteiger partial charge in [0.05, 0.1) is 19.7 Å². The van der Waals surface area contributed by atoms with Crippen molar-refractivity contribution in [2.75, 3.05) is 27.2 Å². The highest BCUT2D eigenvalue weighted by Gasteiger charge is 2.06. The second-order valence-corrected chi connectivity index (χ2v) is 3.60. The molecular formula is C12H15FN2O. The van der Waals surface area contributed by atoms with E-state index in [0.29, 0.717) is 25.3 Å². The lowest BCUT2D eigenvalue weighted by molar-refractivity contribution is 0.370. The molecule has 0 aliphatic carbocycles. The van der Waals surface area contributed by atoms with E-state index in [4.69, 9.17) is 10.00 Å². The molecule has 0 fully saturated rings. The molecule has 3 nitrogen and oxygen atoms in total. The molecule has 1 aromatic rings. The SMILES string of the molecule is COc1ccc(F)cc1CCN(C)CC#N. The second kappa shape index (κ2) is 6.09. The molecule has 1 aromatic carbocycles. The molecule has 0 unspecified atom stereocenters. The van der Waals surface area contributed by atoms with Crippen molar-refractivity contribution in [3.8, 4) is 11.8 Å². The van der Waals surface area contributed by atoms with Crippen molar-refractivity contribution in [3.05, 3.63) is 29.6 Å². The van der Waals surface area contributed by atoms with Crippen LogP contribution < -0.4 is 4.74 Å². The van der Waals surface area contributed by atoms with Crippen molar-refractivity contribution in [1.82, 2.24) is 4.90 Å². The third-order valence-electron chi connectivity index (χ3n) is 2.35. The van der Waals surface area contributed by atoms with Gasteiger partial charge in [-0.1, -0.05) is 0 Å². The summed E-state index contributed by atoms with van der Waals surface area (Å²) in [6.45, 7) is 1.07. The summed E-state index contributed by atoms with van der Waals surface area (Å²) in [5.41, 5.74) is 0.826. The summed E-state index contributed by atoms with van der Waals surface area (Å²) in [6, 6.07) is 6.53. The Morgan fingerprint density at radius 2 is 2.25 bits per heavy atom. The van der Waals surface area contributed by atoms with Gasteiger partial charge in [-0.3, -0.25) is 4.90 Å². The summed E-state index contributed by atoms with van der Waals surface area (Å²) in [5, 5.41) is 8.50. The molecule has 4 heteroatoms. The number of hydrogen-bond acceptors (Lipinski definition) is 3. The highest BCUT2D eigenvalue weighted by atomic mass is 19.1. The first-order valence-corrected chi connectivity index (χ1v) is 5.05. The van der Waals surface area contributed by atoms with E-state index < -0.39 is 0 Å². The molecule has 0 atom stereocenters. The minimum Gasteiger partial charge on any atom is -0.496 e. The Kier molecular flexibility index (Phi) is 4.74. The van der Waals surface area contributed by atoms with Crippen LogP contribution in [0.15, 0.2) is 18.2 Å². The molecule has 0 aliphatic heterocycles. The minimum atomic E-state index is -0.265. The lowest BCUT2D eigenvalue weighted by Gasteiger charge is -2.14. The molecule has 16 heavy (non-hydrogen) atoms. The Hall–Kier alpha value is -1.60. The highest BCUT2D eigenvalue weighted by Crippen LogP contribution is 2.19. The van der Waals surface area contributed by atoms with Gasteiger partial charge in [0, 0.05) is 6.54 Å². The number of ether oxygens (including phenoxy) is 1. The predicted molar refractivity (Wildman–Crippen MR) is 59.8 cm³/mol. The summed E-state index contributed by atoms with van der Waals surface area (Å²) < 4.78 is 18.2. The van der Waals surface area contributed by atoms with Crippen molar-refractivity contribution in [2.24, 2.45) is 0 Å². The van der Waals surface area contributed by atoms with Crippen LogP contribution in [0.4, 0.5) is 4.39 Å². The fraction of sp³-hybridized carbons (Fsp3) is 0.417. The normalized spacial score (nSPS) is 10.2. The van der Waals surface area contributed by atoms with Crippen molar-refractivity contribution in [1.29, 1.82) is 5.26 Å². The van der Waals surface area contributed by atoms with E-state index in [2.05, 4.69) is 6.07 Å². The van der Waals surface area contributed by atoms with Crippen molar-refractivity contribution < 1.29 is 9.13 Å². The van der Waals surface area contributed by atoms with Crippen LogP contribution in [0.25, 0.3) is 0 Å². The largest absolute Gasteiger partial charge is 0.496 e. The zero-order valence-corrected chi connectivity index (χ0v) is 9.53. The Labute approximate surface area is 95.1 Å². The first kappa shape index (κ1) is 12.5. The van der Waals surface area contributed by atoms with E-state index >= 15 is 0 Å². The van der Waals surface area contributed by atoms with E-state index in [1.165, 1.54) is 12.1 Å². The van der Waals surface area contributed by atoms with Gasteiger partial charge in [-0.05, 0) is 37.2 Å². The summed E-state index contributed by atoms with van der Waals surface area (Å²) in [4.78, 5) is 1.88. The number of hydrogen-bond donors (Lipinski definition) is 0. The zero-order chi connectivity index (χ0) is 12.0. The lowest BCUT2D eigenvalue weighted by Crippen LogP contribution is -2.21. The van der Waals surface area contributed by atoms with E-state index in [1.807, 2.05) is 11.9 Å². The number of nitriles is 1. The van der Waals surface area contributed by atoms with E-state index in [9.17, 15) is 4.39 Å². The molecule has 0 amide bonds. The minimum absolute atomic E-state index is 0.265. The summed E-state index contributed by atoms with van der Waals surface area (Å²) in [6.07, 6.45) is 0.666. The van der Waals surface area contributed by atoms with Gasteiger partial charge in [-0.25, -0.2) is 4.39 Å². The highest BCUT2D eigenvalue weighted by molar-refractivity contribution is 5.34. The standard InChI is InChI=1S/C12H15FN2O/c1-15(8-6-14)7-5-10-9-11(13)3-4-12(10)16-2/h3-4,9H,5,7-8H2,1-2H3. The molecule has 0 heterocycles. The third-order valence-corrected chi connectivity index (χ3v) is 2.35. The van der Waals surface area contributed by atoms with Gasteiger partial charge < -0.3 is 4.74 Å². The third kappa shape index (κ3) is 3.52. The number of nitrogens with zero attached hydrogens (tertiary/aromatic N) is 2. The first-order valence-electron chi connectivity index (χ1n) is 5.05. The Bertz CT molecular complexity index is 387. The average molecular weight is 222 g/mol. The van der Waals surface area contributed by atoms with Gasteiger partial charge in [0.1, 0.15) is 11.6 Å². The van der Waals surface area contributed by atoms with E-state index in [0.717, 1.165) is 5.56 Å². The fourth-order valence-electron chi connectivity index (χ4n) is 1.45. The van der Waals surface area contributed by atoms with Crippen LogP contribution >= 0.6 is 0 Å². The van der Waals surface area contributed by atoms with Crippen molar-refractivity contribution >= 4 is 0 Å². The molecule has 86 valence electrons. The summed E-state index contributed by atoms with van der Waals surface area (Å²) in [5.74, 6) is 0.422. The quantitative estimate of drug-likeness (QED) is 0.713. The molecule has 0 saturated heterocycles. The van der Waals surface area contributed by atoms with E-state index in [-0.39, 0.29) is 5.82 Å². The molecule has 0 saturated carbocycles. The number of likely N-dealkylation sites (N-methyl/N-ethyl adjacent to an activating group) is 1. The zero-order valence-electron chi connectivity index (χ0n) is 9.53. The lowest BCUT2D eigenvalue weighted by atomic mass is 10.1. The van der Waals surface area contributed by atoms with Crippen LogP contribution in [0.1, 0.15) is 5.56 Å². The second-order valence-electron chi connectivity index (χ2n) is 3.60. The number of methoxy groups -OCH3 is 1. The number of halogens is 1. The van der Waals surface area contributed by atoms with Crippen LogP contribution in [-0.2, 0) is 6.42 Å². The Morgan fingerprint density at radius 1 is 1.50 bits per heavy atom. The topological polar surface area (TPSA) is 36.3 Å². The monoisotopic (exact) mass is 222 g/mol. The van der Waals surface area contributed by atoms with Gasteiger partial charge in [0.25, 0.3) is 0 Å². The van der Waals surface area contributed by atoms with Crippen LogP contribution in [0.3, 0.4) is 0 Å². The van der Waals surface area contributed by atoms with Gasteiger partial charge in [0.15, 0.2) is 0 Å². The summed E-state index contributed by atoms with van der Waals surface area (Å²) >= 11 is 0. The number of benzene rings is 1. The van der Waals surface area contributed by atoms with Crippen LogP contribution in [0, 0.1) is 17.1 Å². The van der Waals surface area contributed by atoms with Crippen LogP contribution in [0.2, 0.25) is 0 Å². The maximum Gasteiger partial charge on any atom is 0.123 e. The van der Waals surface area contributed by atoms with Crippen molar-refractivity contribution in [3.63, 3.8) is 0 Å². The molecular weight excluding hydrogens is 207 g/mol. The van der Waals surface area contributed by atoms with Gasteiger partial charge in [-0.2, -0.15) is 5.26 Å². The maximum absolute atomic E-state index is 13.0. The molecule has 0 radical (unpaired) electrons. The van der Waals surface area contributed by atoms with Crippen molar-refractivity contribution in [2.45, 2.75) is 6.42 Å². The predicted octanol–water partition coefficient (Wildman–Crippen LogP) is 1.83. The molecule has 0 aromatic heterocycles. The van der Waals surface area contributed by atoms with Gasteiger partial charge in [-0.15, -0.1) is 0 Å². The first-order chi connectivity index (χ1) is 7.67.